The van der Waals surface area contributed by atoms with Gasteiger partial charge in [0.05, 0.1) is 6.20 Å². The van der Waals surface area contributed by atoms with E-state index in [0.29, 0.717) is 23.8 Å². The van der Waals surface area contributed by atoms with Gasteiger partial charge in [0, 0.05) is 24.5 Å². The predicted molar refractivity (Wildman–Crippen MR) is 104 cm³/mol. The molecular formula is C22H24N4O. The van der Waals surface area contributed by atoms with Crippen LogP contribution in [0.15, 0.2) is 42.9 Å². The van der Waals surface area contributed by atoms with Gasteiger partial charge >= 0.3 is 0 Å². The monoisotopic (exact) mass is 360 g/mol. The summed E-state index contributed by atoms with van der Waals surface area (Å²) in [7, 11) is 0. The summed E-state index contributed by atoms with van der Waals surface area (Å²) in [4.78, 5) is 24.3. The van der Waals surface area contributed by atoms with Crippen LogP contribution < -0.4 is 0 Å². The number of rotatable bonds is 4. The normalized spacial score (nSPS) is 21.9. The molecule has 2 aliphatic carbocycles. The zero-order valence-corrected chi connectivity index (χ0v) is 15.8. The number of hydrogen-bond donors (Lipinski definition) is 0. The van der Waals surface area contributed by atoms with E-state index in [2.05, 4.69) is 46.1 Å². The zero-order chi connectivity index (χ0) is 18.5. The lowest BCUT2D eigenvalue weighted by molar-refractivity contribution is 0.0503. The minimum Gasteiger partial charge on any atom is -0.330 e. The quantitative estimate of drug-likeness (QED) is 0.709. The largest absolute Gasteiger partial charge is 0.330 e. The minimum atomic E-state index is 0.0538. The van der Waals surface area contributed by atoms with Crippen LogP contribution in [-0.4, -0.2) is 37.3 Å². The highest BCUT2D eigenvalue weighted by atomic mass is 16.2. The number of carbonyl (C=O) groups is 1. The molecule has 0 unspecified atom stereocenters. The Hall–Kier alpha value is -2.69. The molecule has 0 spiro atoms. The highest BCUT2D eigenvalue weighted by Gasteiger charge is 2.44. The summed E-state index contributed by atoms with van der Waals surface area (Å²) >= 11 is 0. The Balaban J connectivity index is 1.40. The Morgan fingerprint density at radius 2 is 1.85 bits per heavy atom. The van der Waals surface area contributed by atoms with E-state index in [1.807, 2.05) is 23.7 Å². The Labute approximate surface area is 159 Å². The van der Waals surface area contributed by atoms with Gasteiger partial charge < -0.3 is 4.90 Å². The van der Waals surface area contributed by atoms with Gasteiger partial charge in [-0.15, -0.1) is 0 Å². The molecule has 5 heteroatoms. The topological polar surface area (TPSA) is 50.5 Å². The number of nitrogens with zero attached hydrogens (tertiary/aromatic N) is 4. The van der Waals surface area contributed by atoms with Crippen molar-refractivity contribution in [3.8, 4) is 0 Å². The maximum Gasteiger partial charge on any atom is 0.290 e. The molecular weight excluding hydrogens is 336 g/mol. The van der Waals surface area contributed by atoms with Gasteiger partial charge in [-0.2, -0.15) is 0 Å². The number of aromatic nitrogens is 3. The Morgan fingerprint density at radius 1 is 1.07 bits per heavy atom. The third-order valence-corrected chi connectivity index (χ3v) is 6.01. The fourth-order valence-corrected chi connectivity index (χ4v) is 4.35. The summed E-state index contributed by atoms with van der Waals surface area (Å²) < 4.78 is 1.84. The summed E-state index contributed by atoms with van der Waals surface area (Å²) in [5, 5.41) is 0. The molecule has 5 nitrogen and oxygen atoms in total. The first-order chi connectivity index (χ1) is 13.1. The summed E-state index contributed by atoms with van der Waals surface area (Å²) in [5.74, 6) is 1.11. The van der Waals surface area contributed by atoms with Crippen molar-refractivity contribution in [2.75, 3.05) is 0 Å². The van der Waals surface area contributed by atoms with Gasteiger partial charge in [0.25, 0.3) is 5.91 Å². The molecule has 2 aromatic heterocycles. The van der Waals surface area contributed by atoms with E-state index in [-0.39, 0.29) is 5.91 Å². The van der Waals surface area contributed by atoms with Crippen molar-refractivity contribution in [3.63, 3.8) is 0 Å². The van der Waals surface area contributed by atoms with Gasteiger partial charge in [-0.25, -0.2) is 9.97 Å². The third-order valence-electron chi connectivity index (χ3n) is 6.01. The van der Waals surface area contributed by atoms with Gasteiger partial charge in [-0.3, -0.25) is 9.20 Å². The molecule has 0 saturated heterocycles. The molecule has 0 radical (unpaired) electrons. The molecule has 0 aliphatic heterocycles. The molecule has 2 heterocycles. The van der Waals surface area contributed by atoms with Gasteiger partial charge in [0.1, 0.15) is 0 Å². The molecule has 0 atom stereocenters. The summed E-state index contributed by atoms with van der Waals surface area (Å²) in [6, 6.07) is 9.32. The molecule has 1 aromatic carbocycles. The van der Waals surface area contributed by atoms with Gasteiger partial charge in [0.2, 0.25) is 5.82 Å². The first-order valence-corrected chi connectivity index (χ1v) is 9.79. The highest BCUT2D eigenvalue weighted by molar-refractivity contribution is 5.92. The van der Waals surface area contributed by atoms with Crippen LogP contribution in [0.25, 0.3) is 5.65 Å². The van der Waals surface area contributed by atoms with E-state index in [4.69, 9.17) is 0 Å². The fourth-order valence-electron chi connectivity index (χ4n) is 4.35. The van der Waals surface area contributed by atoms with Gasteiger partial charge in [-0.05, 0) is 62.1 Å². The minimum absolute atomic E-state index is 0.0538. The van der Waals surface area contributed by atoms with Crippen LogP contribution in [-0.2, 0) is 0 Å². The maximum atomic E-state index is 13.4. The van der Waals surface area contributed by atoms with Crippen molar-refractivity contribution >= 4 is 11.6 Å². The summed E-state index contributed by atoms with van der Waals surface area (Å²) in [6.07, 6.45) is 9.76. The molecule has 2 saturated carbocycles. The Bertz CT molecular complexity index is 1010. The zero-order valence-electron chi connectivity index (χ0n) is 15.8. The average Bonchev–Trinajstić information content (AvgIpc) is 3.37. The van der Waals surface area contributed by atoms with Crippen LogP contribution in [0.4, 0.5) is 0 Å². The molecule has 138 valence electrons. The summed E-state index contributed by atoms with van der Waals surface area (Å²) in [5.41, 5.74) is 4.54. The molecule has 2 aliphatic rings. The molecule has 0 bridgehead atoms. The van der Waals surface area contributed by atoms with E-state index < -0.39 is 0 Å². The fraction of sp³-hybridized carbons (Fsp3) is 0.409. The van der Waals surface area contributed by atoms with Crippen LogP contribution in [0, 0.1) is 13.8 Å². The second-order valence-electron chi connectivity index (χ2n) is 8.06. The molecule has 5 rings (SSSR count). The van der Waals surface area contributed by atoms with Crippen molar-refractivity contribution in [1.82, 2.24) is 19.3 Å². The second-order valence-corrected chi connectivity index (χ2v) is 8.06. The van der Waals surface area contributed by atoms with E-state index >= 15 is 0 Å². The number of aryl methyl sites for hydroxylation is 2. The predicted octanol–water partition coefficient (Wildman–Crippen LogP) is 3.90. The van der Waals surface area contributed by atoms with Crippen LogP contribution in [0.1, 0.15) is 58.9 Å². The molecule has 0 N–H and O–H groups in total. The Morgan fingerprint density at radius 3 is 2.59 bits per heavy atom. The smallest absolute Gasteiger partial charge is 0.290 e. The van der Waals surface area contributed by atoms with E-state index in [1.165, 1.54) is 11.1 Å². The lowest BCUT2D eigenvalue weighted by Crippen LogP contribution is -2.49. The van der Waals surface area contributed by atoms with Crippen molar-refractivity contribution in [2.45, 2.75) is 57.5 Å². The lowest BCUT2D eigenvalue weighted by Gasteiger charge is -2.43. The van der Waals surface area contributed by atoms with Crippen molar-refractivity contribution in [3.05, 3.63) is 65.4 Å². The average molecular weight is 360 g/mol. The van der Waals surface area contributed by atoms with Crippen LogP contribution in [0.5, 0.6) is 0 Å². The molecule has 3 aromatic rings. The third kappa shape index (κ3) is 2.82. The Kier molecular flexibility index (Phi) is 3.78. The number of amides is 1. The lowest BCUT2D eigenvalue weighted by atomic mass is 9.73. The number of fused-ring (bicyclic) bond motifs is 1. The number of carbonyl (C=O) groups excluding carboxylic acids is 1. The van der Waals surface area contributed by atoms with E-state index in [0.717, 1.165) is 36.9 Å². The number of benzene rings is 1. The van der Waals surface area contributed by atoms with E-state index in [1.54, 1.807) is 6.20 Å². The number of hydrogen-bond acceptors (Lipinski definition) is 3. The van der Waals surface area contributed by atoms with Crippen LogP contribution in [0.3, 0.4) is 0 Å². The maximum absolute atomic E-state index is 13.4. The highest BCUT2D eigenvalue weighted by Crippen LogP contribution is 2.44. The van der Waals surface area contributed by atoms with Crippen molar-refractivity contribution in [1.29, 1.82) is 0 Å². The molecule has 1 amide bonds. The summed E-state index contributed by atoms with van der Waals surface area (Å²) in [6.45, 7) is 4.16. The molecule has 27 heavy (non-hydrogen) atoms. The van der Waals surface area contributed by atoms with Gasteiger partial charge in [-0.1, -0.05) is 24.3 Å². The van der Waals surface area contributed by atoms with E-state index in [9.17, 15) is 4.79 Å². The van der Waals surface area contributed by atoms with Crippen molar-refractivity contribution < 1.29 is 4.79 Å². The number of imidazole rings is 1. The second kappa shape index (κ2) is 6.19. The first-order valence-electron chi connectivity index (χ1n) is 9.79. The van der Waals surface area contributed by atoms with Crippen LogP contribution in [0.2, 0.25) is 0 Å². The van der Waals surface area contributed by atoms with Gasteiger partial charge in [0.15, 0.2) is 5.65 Å². The van der Waals surface area contributed by atoms with Crippen molar-refractivity contribution in [2.24, 2.45) is 0 Å². The standard InChI is InChI=1S/C22H24N4O/c1-14-11-23-20-12-24-21(25(20)13-14)22(27)26(17-7-8-17)18-9-16(10-18)19-6-4-3-5-15(19)2/h3-6,11-13,16-18H,7-10H2,1-2H3. The van der Waals surface area contributed by atoms with Crippen LogP contribution >= 0.6 is 0 Å². The first kappa shape index (κ1) is 16.5. The molecule has 2 fully saturated rings. The SMILES string of the molecule is Cc1cnc2cnc(C(=O)N(C3CC3)C3CC(c4ccccc4C)C3)n2c1.